The zero-order valence-electron chi connectivity index (χ0n) is 12.1. The molecule has 1 N–H and O–H groups in total. The van der Waals surface area contributed by atoms with Crippen LogP contribution >= 0.6 is 11.8 Å². The number of hydrogen-bond acceptors (Lipinski definition) is 3. The smallest absolute Gasteiger partial charge is 0.0540 e. The van der Waals surface area contributed by atoms with E-state index in [1.165, 1.54) is 56.2 Å². The highest BCUT2D eigenvalue weighted by atomic mass is 32.2. The van der Waals surface area contributed by atoms with Crippen LogP contribution in [0.4, 0.5) is 0 Å². The minimum Gasteiger partial charge on any atom is -0.308 e. The first-order valence-electron chi connectivity index (χ1n) is 7.53. The Morgan fingerprint density at radius 3 is 2.95 bits per heavy atom. The molecule has 0 aromatic carbocycles. The number of aromatic nitrogens is 2. The molecule has 1 aromatic rings. The van der Waals surface area contributed by atoms with Crippen LogP contribution in [0.15, 0.2) is 6.20 Å². The first-order valence-corrected chi connectivity index (χ1v) is 8.76. The predicted molar refractivity (Wildman–Crippen MR) is 81.6 cm³/mol. The normalized spacial score (nSPS) is 25.5. The monoisotopic (exact) mass is 279 g/mol. The lowest BCUT2D eigenvalue weighted by Gasteiger charge is -2.31. The Kier molecular flexibility index (Phi) is 3.90. The Labute approximate surface area is 120 Å². The van der Waals surface area contributed by atoms with Crippen LogP contribution in [0.25, 0.3) is 0 Å². The fraction of sp³-hybridized carbons (Fsp3) is 0.800. The van der Waals surface area contributed by atoms with E-state index in [0.29, 0.717) is 10.8 Å². The van der Waals surface area contributed by atoms with Crippen LogP contribution in [0.2, 0.25) is 0 Å². The molecular weight excluding hydrogens is 254 g/mol. The Morgan fingerprint density at radius 1 is 1.42 bits per heavy atom. The Bertz CT molecular complexity index is 435. The molecule has 2 aliphatic rings. The molecule has 1 aromatic heterocycles. The van der Waals surface area contributed by atoms with E-state index in [-0.39, 0.29) is 0 Å². The summed E-state index contributed by atoms with van der Waals surface area (Å²) in [6, 6.07) is 0.530. The predicted octanol–water partition coefficient (Wildman–Crippen LogP) is 3.06. The molecule has 2 aliphatic carbocycles. The van der Waals surface area contributed by atoms with Crippen LogP contribution in [-0.2, 0) is 13.5 Å². The molecule has 3 rings (SSSR count). The van der Waals surface area contributed by atoms with Crippen molar-refractivity contribution in [3.8, 4) is 0 Å². The van der Waals surface area contributed by atoms with Gasteiger partial charge in [-0.05, 0) is 38.4 Å². The van der Waals surface area contributed by atoms with Gasteiger partial charge in [-0.15, -0.1) is 0 Å². The molecular formula is C15H25N3S. The molecule has 3 nitrogen and oxygen atoms in total. The van der Waals surface area contributed by atoms with Gasteiger partial charge in [0.25, 0.3) is 0 Å². The van der Waals surface area contributed by atoms with Crippen molar-refractivity contribution in [3.63, 3.8) is 0 Å². The van der Waals surface area contributed by atoms with Crippen molar-refractivity contribution >= 4 is 11.8 Å². The number of aryl methyl sites for hydroxylation is 1. The molecule has 0 bridgehead atoms. The van der Waals surface area contributed by atoms with Gasteiger partial charge in [0.2, 0.25) is 0 Å². The third kappa shape index (κ3) is 2.57. The van der Waals surface area contributed by atoms with Crippen molar-refractivity contribution in [1.82, 2.24) is 15.1 Å². The summed E-state index contributed by atoms with van der Waals surface area (Å²) in [5, 5.41) is 8.29. The van der Waals surface area contributed by atoms with Crippen molar-refractivity contribution in [2.24, 2.45) is 7.05 Å². The molecule has 106 valence electrons. The van der Waals surface area contributed by atoms with Crippen LogP contribution in [0.1, 0.15) is 55.8 Å². The van der Waals surface area contributed by atoms with Gasteiger partial charge in [0.15, 0.2) is 0 Å². The highest BCUT2D eigenvalue weighted by Gasteiger charge is 2.34. The van der Waals surface area contributed by atoms with Gasteiger partial charge in [0, 0.05) is 35.6 Å². The molecule has 19 heavy (non-hydrogen) atoms. The van der Waals surface area contributed by atoms with Gasteiger partial charge >= 0.3 is 0 Å². The number of fused-ring (bicyclic) bond motifs is 1. The third-order valence-electron chi connectivity index (χ3n) is 4.99. The van der Waals surface area contributed by atoms with Gasteiger partial charge in [0.1, 0.15) is 0 Å². The minimum absolute atomic E-state index is 0.500. The van der Waals surface area contributed by atoms with Gasteiger partial charge in [-0.3, -0.25) is 4.68 Å². The van der Waals surface area contributed by atoms with Gasteiger partial charge in [-0.1, -0.05) is 12.8 Å². The largest absolute Gasteiger partial charge is 0.308 e. The number of hydrogen-bond donors (Lipinski definition) is 1. The molecule has 1 unspecified atom stereocenters. The average molecular weight is 279 g/mol. The fourth-order valence-corrected chi connectivity index (χ4v) is 4.62. The number of nitrogens with one attached hydrogen (secondary N) is 1. The fourth-order valence-electron chi connectivity index (χ4n) is 3.70. The van der Waals surface area contributed by atoms with E-state index in [9.17, 15) is 0 Å². The zero-order valence-corrected chi connectivity index (χ0v) is 12.9. The summed E-state index contributed by atoms with van der Waals surface area (Å²) < 4.78 is 2.56. The van der Waals surface area contributed by atoms with Crippen LogP contribution in [0.5, 0.6) is 0 Å². The summed E-state index contributed by atoms with van der Waals surface area (Å²) in [7, 11) is 2.07. The highest BCUT2D eigenvalue weighted by molar-refractivity contribution is 8.00. The minimum atomic E-state index is 0.500. The van der Waals surface area contributed by atoms with Crippen LogP contribution in [-0.4, -0.2) is 27.3 Å². The number of nitrogens with zero attached hydrogens (tertiary/aromatic N) is 2. The zero-order chi connectivity index (χ0) is 13.3. The van der Waals surface area contributed by atoms with Gasteiger partial charge < -0.3 is 5.32 Å². The van der Waals surface area contributed by atoms with Crippen molar-refractivity contribution in [2.75, 3.05) is 12.8 Å². The van der Waals surface area contributed by atoms with E-state index in [4.69, 9.17) is 0 Å². The molecule has 0 amide bonds. The summed E-state index contributed by atoms with van der Waals surface area (Å²) >= 11 is 2.07. The summed E-state index contributed by atoms with van der Waals surface area (Å²) in [4.78, 5) is 0. The molecule has 0 saturated heterocycles. The van der Waals surface area contributed by atoms with E-state index >= 15 is 0 Å². The lowest BCUT2D eigenvalue weighted by molar-refractivity contribution is 0.419. The topological polar surface area (TPSA) is 29.9 Å². The number of rotatable bonds is 4. The summed E-state index contributed by atoms with van der Waals surface area (Å²) in [5.74, 6) is 0. The molecule has 1 fully saturated rings. The summed E-state index contributed by atoms with van der Waals surface area (Å²) in [6.45, 7) is 1.16. The molecule has 4 heteroatoms. The van der Waals surface area contributed by atoms with Crippen molar-refractivity contribution in [3.05, 3.63) is 17.5 Å². The van der Waals surface area contributed by atoms with E-state index in [0.717, 1.165) is 6.54 Å². The Hall–Kier alpha value is -0.480. The number of thioether (sulfide) groups is 1. The first kappa shape index (κ1) is 13.5. The van der Waals surface area contributed by atoms with Gasteiger partial charge in [-0.2, -0.15) is 16.9 Å². The van der Waals surface area contributed by atoms with E-state index < -0.39 is 0 Å². The van der Waals surface area contributed by atoms with Crippen molar-refractivity contribution in [2.45, 2.75) is 55.7 Å². The van der Waals surface area contributed by atoms with Crippen molar-refractivity contribution < 1.29 is 0 Å². The lowest BCUT2D eigenvalue weighted by Crippen LogP contribution is -2.38. The summed E-state index contributed by atoms with van der Waals surface area (Å²) in [5.41, 5.74) is 2.89. The first-order chi connectivity index (χ1) is 9.24. The average Bonchev–Trinajstić information content (AvgIpc) is 3.05. The van der Waals surface area contributed by atoms with E-state index in [1.807, 2.05) is 0 Å². The SMILES string of the molecule is CSC1(CNC2CCCc3c2cnn3C)CCCC1. The van der Waals surface area contributed by atoms with Gasteiger partial charge in [-0.25, -0.2) is 0 Å². The molecule has 1 heterocycles. The van der Waals surface area contributed by atoms with Crippen LogP contribution in [0.3, 0.4) is 0 Å². The quantitative estimate of drug-likeness (QED) is 0.918. The van der Waals surface area contributed by atoms with E-state index in [2.05, 4.69) is 46.4 Å². The van der Waals surface area contributed by atoms with Crippen molar-refractivity contribution in [1.29, 1.82) is 0 Å². The lowest BCUT2D eigenvalue weighted by atomic mass is 9.92. The maximum absolute atomic E-state index is 4.44. The standard InChI is InChI=1S/C15H25N3S/c1-18-14-7-5-6-13(12(14)10-17-18)16-11-15(19-2)8-3-4-9-15/h10,13,16H,3-9,11H2,1-2H3. The molecule has 1 atom stereocenters. The van der Waals surface area contributed by atoms with Gasteiger partial charge in [0.05, 0.1) is 6.20 Å². The van der Waals surface area contributed by atoms with E-state index in [1.54, 1.807) is 0 Å². The van der Waals surface area contributed by atoms with Crippen LogP contribution in [0, 0.1) is 0 Å². The maximum atomic E-state index is 4.44. The second kappa shape index (κ2) is 5.49. The molecule has 0 spiro atoms. The second-order valence-electron chi connectivity index (χ2n) is 6.09. The Morgan fingerprint density at radius 2 is 2.21 bits per heavy atom. The second-order valence-corrected chi connectivity index (χ2v) is 7.36. The molecule has 1 saturated carbocycles. The Balaban J connectivity index is 1.68. The van der Waals surface area contributed by atoms with Crippen LogP contribution < -0.4 is 5.32 Å². The highest BCUT2D eigenvalue weighted by Crippen LogP contribution is 2.40. The summed E-state index contributed by atoms with van der Waals surface area (Å²) in [6.07, 6.45) is 13.7. The third-order valence-corrected chi connectivity index (χ3v) is 6.41. The maximum Gasteiger partial charge on any atom is 0.0540 e. The molecule has 0 aliphatic heterocycles. The molecule has 0 radical (unpaired) electrons.